The van der Waals surface area contributed by atoms with Gasteiger partial charge in [0.2, 0.25) is 0 Å². The van der Waals surface area contributed by atoms with Gasteiger partial charge in [0.1, 0.15) is 0 Å². The van der Waals surface area contributed by atoms with E-state index in [2.05, 4.69) is 43.7 Å². The number of aryl methyl sites for hydroxylation is 1. The minimum Gasteiger partial charge on any atom is -0.325 e. The molecule has 1 aliphatic rings. The Morgan fingerprint density at radius 1 is 1.12 bits per heavy atom. The van der Waals surface area contributed by atoms with Crippen molar-refractivity contribution in [1.82, 2.24) is 9.55 Å². The summed E-state index contributed by atoms with van der Waals surface area (Å²) in [7, 11) is 0. The lowest BCUT2D eigenvalue weighted by Crippen LogP contribution is -2.11. The zero-order valence-electron chi connectivity index (χ0n) is 12.7. The van der Waals surface area contributed by atoms with Gasteiger partial charge in [0.15, 0.2) is 5.16 Å². The van der Waals surface area contributed by atoms with E-state index in [9.17, 15) is 4.79 Å². The molecule has 6 heteroatoms. The number of carbonyl (C=O) groups excluding carboxylic acids is 1. The quantitative estimate of drug-likeness (QED) is 0.601. The number of halogens is 1. The molecule has 4 nitrogen and oxygen atoms in total. The SMILES string of the molecule is O=C(Nc1ccc(-c2cn3c(n2)SCC3)cc1)c1ccc(I)cc1. The van der Waals surface area contributed by atoms with Gasteiger partial charge in [-0.2, -0.15) is 0 Å². The molecule has 1 amide bonds. The molecule has 120 valence electrons. The Labute approximate surface area is 157 Å². The van der Waals surface area contributed by atoms with E-state index in [1.54, 1.807) is 11.8 Å². The van der Waals surface area contributed by atoms with Crippen molar-refractivity contribution in [1.29, 1.82) is 0 Å². The number of imidazole rings is 1. The number of benzene rings is 2. The Balaban J connectivity index is 1.49. The second-order valence-corrected chi connectivity index (χ2v) is 7.80. The van der Waals surface area contributed by atoms with Crippen molar-refractivity contribution in [2.75, 3.05) is 11.1 Å². The molecule has 1 aromatic heterocycles. The van der Waals surface area contributed by atoms with E-state index in [1.807, 2.05) is 48.5 Å². The van der Waals surface area contributed by atoms with Crippen LogP contribution in [0.5, 0.6) is 0 Å². The molecule has 0 unspecified atom stereocenters. The molecule has 24 heavy (non-hydrogen) atoms. The minimum absolute atomic E-state index is 0.100. The third kappa shape index (κ3) is 3.21. The van der Waals surface area contributed by atoms with Gasteiger partial charge in [0.25, 0.3) is 5.91 Å². The first-order valence-electron chi connectivity index (χ1n) is 7.56. The van der Waals surface area contributed by atoms with Gasteiger partial charge in [-0.25, -0.2) is 4.98 Å². The molecule has 0 spiro atoms. The lowest BCUT2D eigenvalue weighted by atomic mass is 10.1. The molecule has 0 saturated heterocycles. The number of hydrogen-bond donors (Lipinski definition) is 1. The zero-order valence-corrected chi connectivity index (χ0v) is 15.7. The second-order valence-electron chi connectivity index (χ2n) is 5.49. The normalized spacial score (nSPS) is 12.9. The van der Waals surface area contributed by atoms with E-state index in [0.717, 1.165) is 38.0 Å². The van der Waals surface area contributed by atoms with Gasteiger partial charge in [-0.05, 0) is 59.0 Å². The van der Waals surface area contributed by atoms with Gasteiger partial charge in [0.05, 0.1) is 5.69 Å². The number of nitrogens with zero attached hydrogens (tertiary/aromatic N) is 2. The maximum absolute atomic E-state index is 12.2. The molecule has 2 heterocycles. The van der Waals surface area contributed by atoms with Crippen molar-refractivity contribution in [2.45, 2.75) is 11.7 Å². The van der Waals surface area contributed by atoms with E-state index in [0.29, 0.717) is 5.56 Å². The highest BCUT2D eigenvalue weighted by Gasteiger charge is 2.15. The van der Waals surface area contributed by atoms with Crippen LogP contribution in [0.3, 0.4) is 0 Å². The summed E-state index contributed by atoms with van der Waals surface area (Å²) in [6.45, 7) is 1.02. The monoisotopic (exact) mass is 447 g/mol. The predicted octanol–water partition coefficient (Wildman–Crippen LogP) is 4.51. The summed E-state index contributed by atoms with van der Waals surface area (Å²) >= 11 is 4.01. The summed E-state index contributed by atoms with van der Waals surface area (Å²) in [6.07, 6.45) is 2.09. The summed E-state index contributed by atoms with van der Waals surface area (Å²) in [5.74, 6) is 1.00. The smallest absolute Gasteiger partial charge is 0.255 e. The zero-order chi connectivity index (χ0) is 16.5. The van der Waals surface area contributed by atoms with Crippen LogP contribution in [0.2, 0.25) is 0 Å². The maximum atomic E-state index is 12.2. The van der Waals surface area contributed by atoms with Gasteiger partial charge >= 0.3 is 0 Å². The van der Waals surface area contributed by atoms with Crippen LogP contribution in [-0.4, -0.2) is 21.2 Å². The number of anilines is 1. The van der Waals surface area contributed by atoms with Crippen LogP contribution in [0.15, 0.2) is 59.9 Å². The fourth-order valence-electron chi connectivity index (χ4n) is 2.58. The molecule has 1 aliphatic heterocycles. The van der Waals surface area contributed by atoms with E-state index in [1.165, 1.54) is 0 Å². The van der Waals surface area contributed by atoms with E-state index in [4.69, 9.17) is 0 Å². The Hall–Kier alpha value is -1.80. The van der Waals surface area contributed by atoms with Crippen molar-refractivity contribution < 1.29 is 4.79 Å². The molecule has 0 atom stereocenters. The van der Waals surface area contributed by atoms with Crippen LogP contribution in [0.4, 0.5) is 5.69 Å². The molecule has 0 aliphatic carbocycles. The molecular weight excluding hydrogens is 433 g/mol. The van der Waals surface area contributed by atoms with E-state index in [-0.39, 0.29) is 5.91 Å². The summed E-state index contributed by atoms with van der Waals surface area (Å²) in [4.78, 5) is 16.9. The highest BCUT2D eigenvalue weighted by atomic mass is 127. The van der Waals surface area contributed by atoms with Crippen LogP contribution in [0, 0.1) is 3.57 Å². The number of rotatable bonds is 3. The maximum Gasteiger partial charge on any atom is 0.255 e. The highest BCUT2D eigenvalue weighted by molar-refractivity contribution is 14.1. The van der Waals surface area contributed by atoms with Gasteiger partial charge < -0.3 is 9.88 Å². The Bertz CT molecular complexity index is 866. The average Bonchev–Trinajstić information content (AvgIpc) is 3.18. The van der Waals surface area contributed by atoms with Crippen molar-refractivity contribution in [3.63, 3.8) is 0 Å². The third-order valence-electron chi connectivity index (χ3n) is 3.85. The molecule has 0 saturated carbocycles. The van der Waals surface area contributed by atoms with Gasteiger partial charge in [-0.1, -0.05) is 23.9 Å². The van der Waals surface area contributed by atoms with E-state index >= 15 is 0 Å². The Morgan fingerprint density at radius 2 is 1.88 bits per heavy atom. The number of thioether (sulfide) groups is 1. The molecule has 0 fully saturated rings. The molecule has 0 bridgehead atoms. The highest BCUT2D eigenvalue weighted by Crippen LogP contribution is 2.29. The van der Waals surface area contributed by atoms with Crippen LogP contribution >= 0.6 is 34.4 Å². The third-order valence-corrected chi connectivity index (χ3v) is 5.54. The predicted molar refractivity (Wildman–Crippen MR) is 105 cm³/mol. The van der Waals surface area contributed by atoms with Crippen molar-refractivity contribution in [3.05, 3.63) is 63.9 Å². The summed E-state index contributed by atoms with van der Waals surface area (Å²) in [6, 6.07) is 15.3. The Kier molecular flexibility index (Phi) is 4.32. The number of fused-ring (bicyclic) bond motifs is 1. The second kappa shape index (κ2) is 6.60. The first-order valence-corrected chi connectivity index (χ1v) is 9.63. The lowest BCUT2D eigenvalue weighted by Gasteiger charge is -2.06. The van der Waals surface area contributed by atoms with Crippen molar-refractivity contribution >= 4 is 45.9 Å². The molecular formula is C18H14IN3OS. The number of carbonyl (C=O) groups is 1. The fraction of sp³-hybridized carbons (Fsp3) is 0.111. The van der Waals surface area contributed by atoms with Gasteiger partial charge in [0, 0.05) is 38.9 Å². The lowest BCUT2D eigenvalue weighted by molar-refractivity contribution is 0.102. The van der Waals surface area contributed by atoms with Crippen LogP contribution in [-0.2, 0) is 6.54 Å². The number of nitrogens with one attached hydrogen (secondary N) is 1. The number of amides is 1. The Morgan fingerprint density at radius 3 is 2.58 bits per heavy atom. The standard InChI is InChI=1S/C18H14IN3OS/c19-14-5-1-13(2-6-14)17(23)20-15-7-3-12(4-8-15)16-11-22-9-10-24-18(22)21-16/h1-8,11H,9-10H2,(H,20,23). The van der Waals surface area contributed by atoms with Crippen LogP contribution in [0.1, 0.15) is 10.4 Å². The molecule has 0 radical (unpaired) electrons. The summed E-state index contributed by atoms with van der Waals surface area (Å²) in [5.41, 5.74) is 3.47. The summed E-state index contributed by atoms with van der Waals surface area (Å²) in [5, 5.41) is 4.01. The topological polar surface area (TPSA) is 46.9 Å². The van der Waals surface area contributed by atoms with Crippen molar-refractivity contribution in [3.8, 4) is 11.3 Å². The van der Waals surface area contributed by atoms with Gasteiger partial charge in [-0.3, -0.25) is 4.79 Å². The first-order chi connectivity index (χ1) is 11.7. The number of hydrogen-bond acceptors (Lipinski definition) is 3. The molecule has 2 aromatic carbocycles. The molecule has 1 N–H and O–H groups in total. The number of aromatic nitrogens is 2. The van der Waals surface area contributed by atoms with Crippen LogP contribution in [0.25, 0.3) is 11.3 Å². The van der Waals surface area contributed by atoms with Crippen molar-refractivity contribution in [2.24, 2.45) is 0 Å². The molecule has 3 aromatic rings. The molecule has 4 rings (SSSR count). The average molecular weight is 447 g/mol. The largest absolute Gasteiger partial charge is 0.325 e. The fourth-order valence-corrected chi connectivity index (χ4v) is 3.88. The van der Waals surface area contributed by atoms with E-state index < -0.39 is 0 Å². The van der Waals surface area contributed by atoms with Gasteiger partial charge in [-0.15, -0.1) is 0 Å². The first kappa shape index (κ1) is 15.7. The summed E-state index contributed by atoms with van der Waals surface area (Å²) < 4.78 is 3.30. The van der Waals surface area contributed by atoms with Crippen LogP contribution < -0.4 is 5.32 Å². The minimum atomic E-state index is -0.100.